The molecule has 0 aliphatic rings. The Morgan fingerprint density at radius 2 is 1.57 bits per heavy atom. The number of hydrogen-bond acceptors (Lipinski definition) is 5. The Morgan fingerprint density at radius 3 is 2.18 bits per heavy atom. The summed E-state index contributed by atoms with van der Waals surface area (Å²) in [5.41, 5.74) is 0.909. The summed E-state index contributed by atoms with van der Waals surface area (Å²) in [4.78, 5) is 36.0. The van der Waals surface area contributed by atoms with Crippen LogP contribution in [0.15, 0.2) is 60.7 Å². The molecule has 3 aromatic carbocycles. The van der Waals surface area contributed by atoms with Crippen LogP contribution in [0.4, 0.5) is 5.69 Å². The average Bonchev–Trinajstić information content (AvgIpc) is 2.66. The highest BCUT2D eigenvalue weighted by Gasteiger charge is 2.22. The summed E-state index contributed by atoms with van der Waals surface area (Å²) in [6, 6.07) is 16.6. The van der Waals surface area contributed by atoms with Crippen LogP contribution in [-0.2, 0) is 9.53 Å². The number of fused-ring (bicyclic) bond motifs is 1. The summed E-state index contributed by atoms with van der Waals surface area (Å²) in [7, 11) is 0. The van der Waals surface area contributed by atoms with Crippen LogP contribution in [0.2, 0.25) is 0 Å². The van der Waals surface area contributed by atoms with Gasteiger partial charge in [-0.1, -0.05) is 24.3 Å². The van der Waals surface area contributed by atoms with Crippen LogP contribution in [0.1, 0.15) is 34.6 Å². The van der Waals surface area contributed by atoms with Gasteiger partial charge in [0.15, 0.2) is 6.10 Å². The summed E-state index contributed by atoms with van der Waals surface area (Å²) in [6.07, 6.45) is -1.04. The number of rotatable bonds is 5. The zero-order chi connectivity index (χ0) is 20.3. The zero-order valence-electron chi connectivity index (χ0n) is 15.4. The van der Waals surface area contributed by atoms with Gasteiger partial charge in [-0.15, -0.1) is 0 Å². The van der Waals surface area contributed by atoms with Crippen molar-refractivity contribution in [1.82, 2.24) is 0 Å². The standard InChI is InChI=1S/C22H19NO5/c1-13(21(26)15-7-9-18(10-8-15)23-14(2)24)28-22(27)19-11-16-5-3-4-6-17(16)12-20(19)25/h3-13,25H,1-2H3,(H,23,24)/t13-/m1/s1. The van der Waals surface area contributed by atoms with E-state index < -0.39 is 12.1 Å². The van der Waals surface area contributed by atoms with Crippen molar-refractivity contribution in [3.63, 3.8) is 0 Å². The number of carbonyl (C=O) groups excluding carboxylic acids is 3. The fourth-order valence-corrected chi connectivity index (χ4v) is 2.83. The van der Waals surface area contributed by atoms with Gasteiger partial charge in [0.05, 0.1) is 0 Å². The molecule has 0 fully saturated rings. The van der Waals surface area contributed by atoms with Crippen LogP contribution < -0.4 is 5.32 Å². The van der Waals surface area contributed by atoms with Crippen LogP contribution in [0, 0.1) is 0 Å². The van der Waals surface area contributed by atoms with E-state index in [1.807, 2.05) is 24.3 Å². The van der Waals surface area contributed by atoms with Crippen molar-refractivity contribution in [3.05, 3.63) is 71.8 Å². The van der Waals surface area contributed by atoms with E-state index in [4.69, 9.17) is 4.74 Å². The highest BCUT2D eigenvalue weighted by Crippen LogP contribution is 2.26. The second-order valence-electron chi connectivity index (χ2n) is 6.39. The third-order valence-electron chi connectivity index (χ3n) is 4.23. The van der Waals surface area contributed by atoms with E-state index in [0.717, 1.165) is 10.8 Å². The molecule has 0 aromatic heterocycles. The number of hydrogen-bond donors (Lipinski definition) is 2. The Morgan fingerprint density at radius 1 is 0.964 bits per heavy atom. The number of aromatic hydroxyl groups is 1. The highest BCUT2D eigenvalue weighted by molar-refractivity contribution is 6.03. The van der Waals surface area contributed by atoms with Gasteiger partial charge < -0.3 is 15.2 Å². The van der Waals surface area contributed by atoms with Crippen LogP contribution in [-0.4, -0.2) is 28.9 Å². The van der Waals surface area contributed by atoms with Crippen molar-refractivity contribution in [2.45, 2.75) is 20.0 Å². The maximum absolute atomic E-state index is 12.5. The molecule has 0 spiro atoms. The number of Topliss-reactive ketones (excluding diaryl/α,β-unsaturated/α-hetero) is 1. The number of nitrogens with one attached hydrogen (secondary N) is 1. The van der Waals surface area contributed by atoms with Crippen LogP contribution in [0.5, 0.6) is 5.75 Å². The molecule has 0 saturated carbocycles. The first-order valence-electron chi connectivity index (χ1n) is 8.70. The molecule has 0 bridgehead atoms. The molecule has 2 N–H and O–H groups in total. The average molecular weight is 377 g/mol. The first-order valence-corrected chi connectivity index (χ1v) is 8.70. The number of carbonyl (C=O) groups is 3. The minimum atomic E-state index is -1.04. The number of esters is 1. The van der Waals surface area contributed by atoms with E-state index in [-0.39, 0.29) is 23.0 Å². The molecule has 0 heterocycles. The lowest BCUT2D eigenvalue weighted by Gasteiger charge is -2.14. The number of phenolic OH excluding ortho intramolecular Hbond substituents is 1. The van der Waals surface area contributed by atoms with Gasteiger partial charge >= 0.3 is 5.97 Å². The molecule has 142 valence electrons. The van der Waals surface area contributed by atoms with Gasteiger partial charge in [0.25, 0.3) is 0 Å². The van der Waals surface area contributed by atoms with Crippen molar-refractivity contribution >= 4 is 34.1 Å². The molecular weight excluding hydrogens is 358 g/mol. The monoisotopic (exact) mass is 377 g/mol. The fourth-order valence-electron chi connectivity index (χ4n) is 2.83. The Balaban J connectivity index is 1.74. The van der Waals surface area contributed by atoms with Gasteiger partial charge in [0, 0.05) is 18.2 Å². The lowest BCUT2D eigenvalue weighted by molar-refractivity contribution is -0.114. The minimum absolute atomic E-state index is 0.000596. The molecule has 3 aromatic rings. The number of benzene rings is 3. The predicted octanol–water partition coefficient (Wildman–Crippen LogP) is 3.93. The Hall–Kier alpha value is -3.67. The second kappa shape index (κ2) is 7.92. The molecule has 6 heteroatoms. The lowest BCUT2D eigenvalue weighted by Crippen LogP contribution is -2.24. The number of anilines is 1. The second-order valence-corrected chi connectivity index (χ2v) is 6.39. The Bertz CT molecular complexity index is 1060. The predicted molar refractivity (Wildman–Crippen MR) is 106 cm³/mol. The fraction of sp³-hybridized carbons (Fsp3) is 0.136. The third-order valence-corrected chi connectivity index (χ3v) is 4.23. The zero-order valence-corrected chi connectivity index (χ0v) is 15.4. The topological polar surface area (TPSA) is 92.7 Å². The van der Waals surface area contributed by atoms with E-state index in [9.17, 15) is 19.5 Å². The quantitative estimate of drug-likeness (QED) is 0.519. The SMILES string of the molecule is CC(=O)Nc1ccc(C(=O)[C@@H](C)OC(=O)c2cc3ccccc3cc2O)cc1. The van der Waals surface area contributed by atoms with E-state index in [1.54, 1.807) is 24.3 Å². The van der Waals surface area contributed by atoms with E-state index in [2.05, 4.69) is 5.32 Å². The Kier molecular flexibility index (Phi) is 5.40. The van der Waals surface area contributed by atoms with Gasteiger partial charge in [0.2, 0.25) is 11.7 Å². The smallest absolute Gasteiger partial charge is 0.342 e. The van der Waals surface area contributed by atoms with Gasteiger partial charge in [0.1, 0.15) is 11.3 Å². The Labute approximate surface area is 161 Å². The molecule has 0 aliphatic carbocycles. The molecule has 0 aliphatic heterocycles. The number of phenols is 1. The number of ether oxygens (including phenoxy) is 1. The van der Waals surface area contributed by atoms with Crippen molar-refractivity contribution in [2.75, 3.05) is 5.32 Å². The maximum atomic E-state index is 12.5. The van der Waals surface area contributed by atoms with Gasteiger partial charge in [-0.3, -0.25) is 9.59 Å². The highest BCUT2D eigenvalue weighted by atomic mass is 16.5. The van der Waals surface area contributed by atoms with Gasteiger partial charge in [-0.25, -0.2) is 4.79 Å². The first-order chi connectivity index (χ1) is 13.3. The lowest BCUT2D eigenvalue weighted by atomic mass is 10.1. The van der Waals surface area contributed by atoms with Crippen LogP contribution in [0.3, 0.4) is 0 Å². The van der Waals surface area contributed by atoms with Gasteiger partial charge in [-0.2, -0.15) is 0 Å². The molecule has 28 heavy (non-hydrogen) atoms. The number of ketones is 1. The van der Waals surface area contributed by atoms with Crippen molar-refractivity contribution in [1.29, 1.82) is 0 Å². The van der Waals surface area contributed by atoms with E-state index >= 15 is 0 Å². The maximum Gasteiger partial charge on any atom is 0.342 e. The van der Waals surface area contributed by atoms with Crippen molar-refractivity contribution < 1.29 is 24.2 Å². The minimum Gasteiger partial charge on any atom is -0.507 e. The molecule has 0 unspecified atom stereocenters. The molecule has 1 amide bonds. The number of amides is 1. The van der Waals surface area contributed by atoms with Crippen molar-refractivity contribution in [2.24, 2.45) is 0 Å². The molecule has 6 nitrogen and oxygen atoms in total. The molecule has 0 saturated heterocycles. The normalized spacial score (nSPS) is 11.6. The third kappa shape index (κ3) is 4.17. The van der Waals surface area contributed by atoms with Crippen molar-refractivity contribution in [3.8, 4) is 5.75 Å². The molecule has 1 atom stereocenters. The molecule has 3 rings (SSSR count). The van der Waals surface area contributed by atoms with E-state index in [0.29, 0.717) is 11.3 Å². The largest absolute Gasteiger partial charge is 0.507 e. The molecular formula is C22H19NO5. The first kappa shape index (κ1) is 19.1. The van der Waals surface area contributed by atoms with Crippen LogP contribution >= 0.6 is 0 Å². The summed E-state index contributed by atoms with van der Waals surface area (Å²) in [5, 5.41) is 14.3. The van der Waals surface area contributed by atoms with E-state index in [1.165, 1.54) is 26.0 Å². The summed E-state index contributed by atoms with van der Waals surface area (Å²) in [6.45, 7) is 2.86. The summed E-state index contributed by atoms with van der Waals surface area (Å²) < 4.78 is 5.26. The summed E-state index contributed by atoms with van der Waals surface area (Å²) >= 11 is 0. The van der Waals surface area contributed by atoms with Crippen LogP contribution in [0.25, 0.3) is 10.8 Å². The summed E-state index contributed by atoms with van der Waals surface area (Å²) in [5.74, 6) is -1.58. The van der Waals surface area contributed by atoms with Gasteiger partial charge in [-0.05, 0) is 54.1 Å². The molecule has 0 radical (unpaired) electrons.